The van der Waals surface area contributed by atoms with Crippen molar-refractivity contribution in [2.45, 2.75) is 77.1 Å². The highest BCUT2D eigenvalue weighted by atomic mass is 35.5. The predicted octanol–water partition coefficient (Wildman–Crippen LogP) is 9.99. The monoisotopic (exact) mass is 1250 g/mol. The van der Waals surface area contributed by atoms with E-state index < -0.39 is 87.2 Å². The third-order valence-corrected chi connectivity index (χ3v) is 14.4. The van der Waals surface area contributed by atoms with Gasteiger partial charge in [0.2, 0.25) is 5.88 Å². The molecule has 30 heteroatoms. The van der Waals surface area contributed by atoms with Crippen molar-refractivity contribution in [1.29, 1.82) is 0 Å². The molecule has 2 fully saturated rings. The summed E-state index contributed by atoms with van der Waals surface area (Å²) in [6, 6.07) is 25.4. The number of ether oxygens (including phenoxy) is 7. The van der Waals surface area contributed by atoms with Gasteiger partial charge in [-0.15, -0.1) is 30.3 Å². The van der Waals surface area contributed by atoms with Crippen LogP contribution >= 0.6 is 11.6 Å². The minimum atomic E-state index is -1.24. The zero-order chi connectivity index (χ0) is 63.1. The second-order valence-electron chi connectivity index (χ2n) is 20.1. The fourth-order valence-corrected chi connectivity index (χ4v) is 10.1. The van der Waals surface area contributed by atoms with E-state index in [1.807, 2.05) is 0 Å². The molecule has 3 heterocycles. The van der Waals surface area contributed by atoms with Crippen LogP contribution in [0, 0.1) is 48.9 Å². The number of amides is 3. The first-order chi connectivity index (χ1) is 42.9. The Labute approximate surface area is 509 Å². The van der Waals surface area contributed by atoms with E-state index in [1.54, 1.807) is 48.2 Å². The van der Waals surface area contributed by atoms with Gasteiger partial charge in [0.15, 0.2) is 11.6 Å². The molecule has 466 valence electrons. The lowest BCUT2D eigenvalue weighted by Gasteiger charge is -2.50. The van der Waals surface area contributed by atoms with Crippen LogP contribution in [0.2, 0.25) is 5.02 Å². The summed E-state index contributed by atoms with van der Waals surface area (Å²) in [7, 11) is 0. The van der Waals surface area contributed by atoms with Gasteiger partial charge in [-0.3, -0.25) is 9.69 Å². The van der Waals surface area contributed by atoms with Gasteiger partial charge in [-0.25, -0.2) is 28.1 Å². The number of pyridine rings is 1. The number of hydrogen-bond donors (Lipinski definition) is 0. The van der Waals surface area contributed by atoms with Crippen molar-refractivity contribution in [2.24, 2.45) is 0 Å². The van der Waals surface area contributed by atoms with Gasteiger partial charge in [0.05, 0.1) is 25.3 Å². The molecular weight excluding hydrogens is 1200 g/mol. The Morgan fingerprint density at radius 2 is 1.24 bits per heavy atom. The van der Waals surface area contributed by atoms with E-state index in [0.717, 1.165) is 12.1 Å². The van der Waals surface area contributed by atoms with E-state index in [0.29, 0.717) is 57.5 Å². The maximum absolute atomic E-state index is 16.0. The topological polar surface area (TPSA) is 313 Å². The van der Waals surface area contributed by atoms with Crippen molar-refractivity contribution < 1.29 is 90.9 Å². The van der Waals surface area contributed by atoms with E-state index >= 15 is 4.79 Å². The first kappa shape index (κ1) is 62.9. The van der Waals surface area contributed by atoms with Gasteiger partial charge >= 0.3 is 18.3 Å². The van der Waals surface area contributed by atoms with Gasteiger partial charge in [0, 0.05) is 49.4 Å². The number of rotatable bonds is 27. The fraction of sp³-hybridized carbons (Fsp3) is 0.305. The molecule has 2 atom stereocenters. The average molecular weight is 1250 g/mol. The van der Waals surface area contributed by atoms with Crippen LogP contribution in [0.5, 0.6) is 34.6 Å². The summed E-state index contributed by atoms with van der Waals surface area (Å²) in [4.78, 5) is 112. The normalized spacial score (nSPS) is 15.0. The summed E-state index contributed by atoms with van der Waals surface area (Å²) in [5.74, 6) is -2.07. The zero-order valence-electron chi connectivity index (χ0n) is 47.1. The molecule has 1 saturated carbocycles. The van der Waals surface area contributed by atoms with E-state index in [-0.39, 0.29) is 100 Å². The number of piperazine rings is 1. The number of carbonyl (C=O) groups is 4. The fourth-order valence-electron chi connectivity index (χ4n) is 9.84. The first-order valence-corrected chi connectivity index (χ1v) is 27.8. The van der Waals surface area contributed by atoms with Gasteiger partial charge < -0.3 is 57.5 Å². The third kappa shape index (κ3) is 16.9. The summed E-state index contributed by atoms with van der Waals surface area (Å²) in [5.41, 5.74) is 3.38. The van der Waals surface area contributed by atoms with E-state index in [2.05, 4.69) is 19.5 Å². The number of hydrogen-bond acceptors (Lipinski definition) is 21. The zero-order valence-corrected chi connectivity index (χ0v) is 47.9. The Hall–Kier alpha value is -10.6. The largest absolute Gasteiger partial charge is 0.513 e. The summed E-state index contributed by atoms with van der Waals surface area (Å²) in [6.45, 7) is -0.375. The molecule has 0 radical (unpaired) electrons. The van der Waals surface area contributed by atoms with Crippen molar-refractivity contribution >= 4 is 41.4 Å². The molecule has 3 amide bonds. The molecule has 0 spiro atoms. The van der Waals surface area contributed by atoms with Gasteiger partial charge in [0.25, 0.3) is 21.2 Å². The Balaban J connectivity index is 0.990. The molecule has 27 nitrogen and oxygen atoms in total. The number of halogens is 3. The van der Waals surface area contributed by atoms with Crippen LogP contribution in [0.3, 0.4) is 0 Å². The standard InChI is InChI=1S/C59H54ClF2N7O20/c1-36-41(20-21-63-55(36)82-22-5-23-83-59(73)89-47-11-4-8-39(28-47)35-86-69(78)79)30-65(42-14-15-42)56(70)52-48(40-12-16-44(17-13-40)80-24-25-81-54-50(62)19-18-49(61)53(54)60)29-43-31-64(57(71)87-45-9-2-6-37(26-45)33-84-67(74)75)32-51(52)66(43)58(72)88-46-10-3-7-38(27-46)34-85-68(76)77/h2-4,6-13,16-21,26-28,42-43,51H,5,14-15,22-25,29-35H2,1H3. The van der Waals surface area contributed by atoms with Crippen LogP contribution in [0.4, 0.5) is 23.2 Å². The molecule has 3 aliphatic rings. The van der Waals surface area contributed by atoms with Crippen LogP contribution in [0.1, 0.15) is 59.1 Å². The smallest absolute Gasteiger partial charge is 0.490 e. The number of aromatic nitrogens is 1. The minimum absolute atomic E-state index is 0.00792. The van der Waals surface area contributed by atoms with Gasteiger partial charge in [-0.1, -0.05) is 60.1 Å². The molecule has 2 bridgehead atoms. The molecule has 1 aliphatic carbocycles. The highest BCUT2D eigenvalue weighted by Crippen LogP contribution is 2.43. The number of nitrogens with zero attached hydrogens (tertiary/aromatic N) is 7. The van der Waals surface area contributed by atoms with Gasteiger partial charge in [-0.05, 0) is 126 Å². The molecule has 5 aromatic carbocycles. The Kier molecular flexibility index (Phi) is 20.7. The second kappa shape index (κ2) is 29.2. The third-order valence-electron chi connectivity index (χ3n) is 14.1. The molecule has 6 aromatic rings. The van der Waals surface area contributed by atoms with E-state index in [4.69, 9.17) is 44.8 Å². The summed E-state index contributed by atoms with van der Waals surface area (Å²) in [6.07, 6.45) is 0.0647. The quantitative estimate of drug-likeness (QED) is 0.0116. The second-order valence-corrected chi connectivity index (χ2v) is 20.5. The van der Waals surface area contributed by atoms with E-state index in [1.165, 1.54) is 82.7 Å². The number of fused-ring (bicyclic) bond motifs is 2. The van der Waals surface area contributed by atoms with Crippen molar-refractivity contribution in [2.75, 3.05) is 39.5 Å². The molecule has 2 aliphatic heterocycles. The maximum Gasteiger partial charge on any atom is 0.513 e. The first-order valence-electron chi connectivity index (χ1n) is 27.4. The van der Waals surface area contributed by atoms with Gasteiger partial charge in [0.1, 0.15) is 66.9 Å². The Morgan fingerprint density at radius 1 is 0.663 bits per heavy atom. The molecular formula is C59H54ClF2N7O20. The minimum Gasteiger partial charge on any atom is -0.490 e. The lowest BCUT2D eigenvalue weighted by molar-refractivity contribution is -0.763. The highest BCUT2D eigenvalue weighted by Gasteiger charge is 2.50. The lowest BCUT2D eigenvalue weighted by atomic mass is 9.81. The molecule has 89 heavy (non-hydrogen) atoms. The van der Waals surface area contributed by atoms with Crippen molar-refractivity contribution in [3.63, 3.8) is 0 Å². The van der Waals surface area contributed by atoms with Crippen molar-refractivity contribution in [3.8, 4) is 34.6 Å². The molecule has 9 rings (SSSR count). The van der Waals surface area contributed by atoms with Crippen molar-refractivity contribution in [3.05, 3.63) is 207 Å². The highest BCUT2D eigenvalue weighted by molar-refractivity contribution is 6.32. The molecule has 0 N–H and O–H groups in total. The molecule has 2 unspecified atom stereocenters. The average Bonchev–Trinajstić information content (AvgIpc) is 1.84. The van der Waals surface area contributed by atoms with Crippen LogP contribution in [0.25, 0.3) is 5.57 Å². The summed E-state index contributed by atoms with van der Waals surface area (Å²) < 4.78 is 68.1. The SMILES string of the molecule is Cc1c(CN(C(=O)C2=C(c3ccc(OCCOc4c(F)ccc(F)c4Cl)cc3)CC3CN(C(=O)Oc4cccc(CO[N+](=O)[O-])c4)CC2N3C(=O)Oc2cccc(CO[N+](=O)[O-])c2)C2CC2)ccnc1OCCCOC(=O)Oc1cccc(CO[N+](=O)[O-])c1. The van der Waals surface area contributed by atoms with Gasteiger partial charge in [-0.2, -0.15) is 0 Å². The number of benzene rings is 5. The number of carbonyl (C=O) groups excluding carboxylic acids is 4. The predicted molar refractivity (Wildman–Crippen MR) is 303 cm³/mol. The van der Waals surface area contributed by atoms with Crippen molar-refractivity contribution in [1.82, 2.24) is 19.7 Å². The Bertz CT molecular complexity index is 3650. The van der Waals surface area contributed by atoms with E-state index in [9.17, 15) is 53.5 Å². The van der Waals surface area contributed by atoms with Crippen LogP contribution < -0.4 is 28.4 Å². The van der Waals surface area contributed by atoms with Crippen LogP contribution in [-0.2, 0) is 50.4 Å². The summed E-state index contributed by atoms with van der Waals surface area (Å²) in [5, 5.41) is 29.2. The molecule has 1 aromatic heterocycles. The molecule has 1 saturated heterocycles. The Morgan fingerprint density at radius 3 is 1.83 bits per heavy atom. The van der Waals surface area contributed by atoms with Crippen LogP contribution in [0.15, 0.2) is 127 Å². The lowest BCUT2D eigenvalue weighted by Crippen LogP contribution is -2.66. The summed E-state index contributed by atoms with van der Waals surface area (Å²) >= 11 is 5.93. The maximum atomic E-state index is 16.0. The van der Waals surface area contributed by atoms with Crippen LogP contribution in [-0.4, -0.2) is 117 Å².